The number of halogens is 2. The molecule has 2 aliphatic rings. The highest BCUT2D eigenvalue weighted by molar-refractivity contribution is 5.95. The highest BCUT2D eigenvalue weighted by atomic mass is 19.1. The van der Waals surface area contributed by atoms with Gasteiger partial charge in [0, 0.05) is 32.3 Å². The minimum atomic E-state index is -0.486. The molecule has 2 atom stereocenters. The molecule has 2 aliphatic heterocycles. The van der Waals surface area contributed by atoms with Crippen LogP contribution in [0, 0.1) is 11.6 Å². The number of ether oxygens (including phenoxy) is 2. The Morgan fingerprint density at radius 1 is 1.03 bits per heavy atom. The Hall–Kier alpha value is -2.51. The number of fused-ring (bicyclic) bond motifs is 3. The fourth-order valence-electron chi connectivity index (χ4n) is 4.94. The van der Waals surface area contributed by atoms with Crippen LogP contribution in [0.2, 0.25) is 0 Å². The summed E-state index contributed by atoms with van der Waals surface area (Å²) in [5.41, 5.74) is 1.33. The number of benzene rings is 2. The molecule has 0 unspecified atom stereocenters. The molecular weight excluding hydrogens is 426 g/mol. The third-order valence-electron chi connectivity index (χ3n) is 6.64. The van der Waals surface area contributed by atoms with E-state index < -0.39 is 5.82 Å². The van der Waals surface area contributed by atoms with E-state index in [0.717, 1.165) is 44.2 Å². The van der Waals surface area contributed by atoms with E-state index >= 15 is 0 Å². The minimum absolute atomic E-state index is 0.00447. The van der Waals surface area contributed by atoms with Gasteiger partial charge in [0.15, 0.2) is 11.6 Å². The number of rotatable bonds is 3. The lowest BCUT2D eigenvalue weighted by Gasteiger charge is -2.41. The summed E-state index contributed by atoms with van der Waals surface area (Å²) >= 11 is 0. The Kier molecular flexibility index (Phi) is 7.93. The number of methoxy groups -OCH3 is 1. The highest BCUT2D eigenvalue weighted by Gasteiger charge is 2.34. The van der Waals surface area contributed by atoms with Crippen LogP contribution in [0.25, 0.3) is 0 Å². The van der Waals surface area contributed by atoms with Crippen molar-refractivity contribution in [1.82, 2.24) is 9.80 Å². The largest absolute Gasteiger partial charge is 0.489 e. The molecule has 1 amide bonds. The molecule has 2 heterocycles. The van der Waals surface area contributed by atoms with Crippen LogP contribution in [-0.2, 0) is 11.3 Å². The average molecular weight is 459 g/mol. The summed E-state index contributed by atoms with van der Waals surface area (Å²) in [6.45, 7) is 2.92. The quantitative estimate of drug-likeness (QED) is 0.672. The van der Waals surface area contributed by atoms with Gasteiger partial charge in [0.2, 0.25) is 0 Å². The SMILES string of the molecule is CO[C@@H]1CCCN2C(=O)c3ccc(F)c(c3)OCCN(Cc3cccc(F)c3)CCCC[C@H]12. The number of carbonyl (C=O) groups excluding carboxylic acids is 1. The minimum Gasteiger partial charge on any atom is -0.489 e. The van der Waals surface area contributed by atoms with Crippen molar-refractivity contribution in [3.63, 3.8) is 0 Å². The highest BCUT2D eigenvalue weighted by Crippen LogP contribution is 2.28. The molecule has 2 aromatic carbocycles. The molecule has 0 saturated carbocycles. The van der Waals surface area contributed by atoms with Crippen LogP contribution in [-0.4, -0.2) is 61.2 Å². The van der Waals surface area contributed by atoms with Gasteiger partial charge in [-0.15, -0.1) is 0 Å². The predicted molar refractivity (Wildman–Crippen MR) is 122 cm³/mol. The van der Waals surface area contributed by atoms with E-state index in [9.17, 15) is 13.6 Å². The van der Waals surface area contributed by atoms with E-state index in [1.54, 1.807) is 19.2 Å². The van der Waals surface area contributed by atoms with Crippen LogP contribution >= 0.6 is 0 Å². The summed E-state index contributed by atoms with van der Waals surface area (Å²) in [6.07, 6.45) is 4.53. The van der Waals surface area contributed by atoms with Gasteiger partial charge in [-0.1, -0.05) is 18.6 Å². The maximum atomic E-state index is 14.4. The molecule has 7 heteroatoms. The van der Waals surface area contributed by atoms with Gasteiger partial charge in [-0.3, -0.25) is 9.69 Å². The molecule has 2 aromatic rings. The maximum Gasteiger partial charge on any atom is 0.254 e. The standard InChI is InChI=1S/C26H32F2N2O3/c1-32-24-9-5-13-30-23(24)8-2-3-12-29(18-19-6-4-7-21(27)16-19)14-15-33-25-17-20(26(30)31)10-11-22(25)28/h4,6-7,10-11,16-17,23-24H,2-3,5,8-9,12-15,18H2,1H3/t23-,24-/m1/s1. The maximum absolute atomic E-state index is 14.4. The van der Waals surface area contributed by atoms with E-state index in [1.165, 1.54) is 24.3 Å². The van der Waals surface area contributed by atoms with Gasteiger partial charge in [0.25, 0.3) is 5.91 Å². The zero-order chi connectivity index (χ0) is 23.2. The first kappa shape index (κ1) is 23.6. The lowest BCUT2D eigenvalue weighted by molar-refractivity contribution is -0.0156. The predicted octanol–water partition coefficient (Wildman–Crippen LogP) is 4.65. The number of nitrogens with zero attached hydrogens (tertiary/aromatic N) is 2. The van der Waals surface area contributed by atoms with Crippen molar-refractivity contribution in [2.45, 2.75) is 50.8 Å². The lowest BCUT2D eigenvalue weighted by Crippen LogP contribution is -2.51. The summed E-state index contributed by atoms with van der Waals surface area (Å²) in [5.74, 6) is -0.755. The normalized spacial score (nSPS) is 22.9. The van der Waals surface area contributed by atoms with E-state index in [-0.39, 0.29) is 36.2 Å². The van der Waals surface area contributed by atoms with Crippen molar-refractivity contribution >= 4 is 5.91 Å². The topological polar surface area (TPSA) is 42.0 Å². The average Bonchev–Trinajstić information content (AvgIpc) is 2.81. The molecule has 1 fully saturated rings. The van der Waals surface area contributed by atoms with E-state index in [0.29, 0.717) is 25.2 Å². The second-order valence-corrected chi connectivity index (χ2v) is 8.88. The van der Waals surface area contributed by atoms with Crippen LogP contribution in [0.15, 0.2) is 42.5 Å². The Labute approximate surface area is 194 Å². The summed E-state index contributed by atoms with van der Waals surface area (Å²) in [7, 11) is 1.70. The van der Waals surface area contributed by atoms with Gasteiger partial charge in [-0.2, -0.15) is 0 Å². The van der Waals surface area contributed by atoms with Crippen LogP contribution in [0.1, 0.15) is 48.0 Å². The molecule has 178 valence electrons. The monoisotopic (exact) mass is 458 g/mol. The number of amides is 1. The van der Waals surface area contributed by atoms with Crippen molar-refractivity contribution in [3.8, 4) is 5.75 Å². The first-order valence-electron chi connectivity index (χ1n) is 11.8. The molecule has 0 radical (unpaired) electrons. The molecule has 0 N–H and O–H groups in total. The smallest absolute Gasteiger partial charge is 0.254 e. The van der Waals surface area contributed by atoms with E-state index in [2.05, 4.69) is 4.90 Å². The van der Waals surface area contributed by atoms with Crippen LogP contribution in [0.3, 0.4) is 0 Å². The molecule has 1 saturated heterocycles. The number of carbonyl (C=O) groups is 1. The summed E-state index contributed by atoms with van der Waals surface area (Å²) < 4.78 is 39.6. The van der Waals surface area contributed by atoms with Crippen LogP contribution in [0.5, 0.6) is 5.75 Å². The molecule has 0 spiro atoms. The molecule has 33 heavy (non-hydrogen) atoms. The van der Waals surface area contributed by atoms with Crippen LogP contribution in [0.4, 0.5) is 8.78 Å². The zero-order valence-electron chi connectivity index (χ0n) is 19.1. The van der Waals surface area contributed by atoms with Gasteiger partial charge in [0.05, 0.1) is 12.1 Å². The van der Waals surface area contributed by atoms with Gasteiger partial charge < -0.3 is 14.4 Å². The van der Waals surface area contributed by atoms with Gasteiger partial charge >= 0.3 is 0 Å². The van der Waals surface area contributed by atoms with Crippen molar-refractivity contribution in [1.29, 1.82) is 0 Å². The Morgan fingerprint density at radius 3 is 2.73 bits per heavy atom. The van der Waals surface area contributed by atoms with Gasteiger partial charge in [-0.25, -0.2) is 8.78 Å². The molecule has 2 bridgehead atoms. The third-order valence-corrected chi connectivity index (χ3v) is 6.64. The van der Waals surface area contributed by atoms with Crippen molar-refractivity contribution in [3.05, 3.63) is 65.2 Å². The van der Waals surface area contributed by atoms with Crippen molar-refractivity contribution < 1.29 is 23.0 Å². The molecule has 4 rings (SSSR count). The fraction of sp³-hybridized carbons (Fsp3) is 0.500. The van der Waals surface area contributed by atoms with Crippen molar-refractivity contribution in [2.24, 2.45) is 0 Å². The number of hydrogen-bond donors (Lipinski definition) is 0. The van der Waals surface area contributed by atoms with Gasteiger partial charge in [0.1, 0.15) is 12.4 Å². The van der Waals surface area contributed by atoms with Gasteiger partial charge in [-0.05, 0) is 68.1 Å². The van der Waals surface area contributed by atoms with E-state index in [4.69, 9.17) is 9.47 Å². The molecule has 5 nitrogen and oxygen atoms in total. The molecule has 0 aliphatic carbocycles. The first-order valence-corrected chi connectivity index (χ1v) is 11.8. The summed E-state index contributed by atoms with van der Waals surface area (Å²) in [4.78, 5) is 17.4. The number of piperidine rings is 1. The summed E-state index contributed by atoms with van der Waals surface area (Å²) in [6, 6.07) is 10.9. The van der Waals surface area contributed by atoms with Crippen molar-refractivity contribution in [2.75, 3.05) is 33.4 Å². The third kappa shape index (κ3) is 5.89. The number of hydrogen-bond acceptors (Lipinski definition) is 4. The zero-order valence-corrected chi connectivity index (χ0v) is 19.1. The molecular formula is C26H32F2N2O3. The molecule has 0 aromatic heterocycles. The Balaban J connectivity index is 1.57. The lowest BCUT2D eigenvalue weighted by atomic mass is 9.93. The Bertz CT molecular complexity index is 955. The first-order chi connectivity index (χ1) is 16.0. The van der Waals surface area contributed by atoms with E-state index in [1.807, 2.05) is 11.0 Å². The second-order valence-electron chi connectivity index (χ2n) is 8.88. The second kappa shape index (κ2) is 11.1. The Morgan fingerprint density at radius 2 is 1.91 bits per heavy atom. The van der Waals surface area contributed by atoms with Crippen LogP contribution < -0.4 is 4.74 Å². The summed E-state index contributed by atoms with van der Waals surface area (Å²) in [5, 5.41) is 0. The fourth-order valence-corrected chi connectivity index (χ4v) is 4.94.